The van der Waals surface area contributed by atoms with Crippen molar-refractivity contribution in [2.75, 3.05) is 5.32 Å². The summed E-state index contributed by atoms with van der Waals surface area (Å²) in [5, 5.41) is 26.7. The van der Waals surface area contributed by atoms with Gasteiger partial charge in [0, 0.05) is 35.5 Å². The number of hydrogen-bond acceptors (Lipinski definition) is 6. The van der Waals surface area contributed by atoms with Crippen LogP contribution < -0.4 is 10.6 Å². The predicted molar refractivity (Wildman–Crippen MR) is 104 cm³/mol. The van der Waals surface area contributed by atoms with Crippen LogP contribution in [0.1, 0.15) is 11.1 Å². The lowest BCUT2D eigenvalue weighted by Crippen LogP contribution is -2.32. The second-order valence-corrected chi connectivity index (χ2v) is 5.80. The number of nitrogens with zero attached hydrogens (tertiary/aromatic N) is 2. The summed E-state index contributed by atoms with van der Waals surface area (Å²) in [4.78, 5) is 32.5. The number of non-ortho nitro benzene ring substituents is 1. The molecule has 0 aliphatic carbocycles. The monoisotopic (exact) mass is 386 g/mol. The number of nitro groups is 2. The second-order valence-electron chi connectivity index (χ2n) is 5.39. The highest BCUT2D eigenvalue weighted by Gasteiger charge is 2.12. The molecule has 2 aromatic carbocycles. The molecule has 0 saturated carbocycles. The molecule has 138 valence electrons. The molecule has 1 amide bonds. The number of carbonyl (C=O) groups excluding carboxylic acids is 1. The van der Waals surface area contributed by atoms with Gasteiger partial charge in [-0.3, -0.25) is 30.3 Å². The third-order valence-electron chi connectivity index (χ3n) is 3.41. The van der Waals surface area contributed by atoms with Crippen LogP contribution in [0.2, 0.25) is 0 Å². The van der Waals surface area contributed by atoms with Gasteiger partial charge in [-0.05, 0) is 36.8 Å². The van der Waals surface area contributed by atoms with Crippen LogP contribution in [0.15, 0.2) is 48.5 Å². The Kier molecular flexibility index (Phi) is 6.28. The van der Waals surface area contributed by atoms with Gasteiger partial charge in [-0.15, -0.1) is 0 Å². The zero-order valence-corrected chi connectivity index (χ0v) is 14.9. The van der Waals surface area contributed by atoms with Gasteiger partial charge in [0.15, 0.2) is 5.11 Å². The average Bonchev–Trinajstić information content (AvgIpc) is 2.61. The van der Waals surface area contributed by atoms with E-state index >= 15 is 0 Å². The maximum absolute atomic E-state index is 11.9. The third kappa shape index (κ3) is 5.68. The summed E-state index contributed by atoms with van der Waals surface area (Å²) in [6.45, 7) is 1.61. The molecule has 0 aromatic heterocycles. The Balaban J connectivity index is 1.99. The maximum atomic E-state index is 11.9. The highest BCUT2D eigenvalue weighted by atomic mass is 32.1. The van der Waals surface area contributed by atoms with Crippen LogP contribution in [-0.2, 0) is 4.79 Å². The van der Waals surface area contributed by atoms with Crippen LogP contribution in [-0.4, -0.2) is 20.9 Å². The number of nitrogens with one attached hydrogen (secondary N) is 2. The summed E-state index contributed by atoms with van der Waals surface area (Å²) in [6, 6.07) is 10.3. The first kappa shape index (κ1) is 19.7. The van der Waals surface area contributed by atoms with Crippen molar-refractivity contribution in [2.45, 2.75) is 6.92 Å². The Labute approximate surface area is 159 Å². The van der Waals surface area contributed by atoms with Crippen LogP contribution >= 0.6 is 12.2 Å². The Morgan fingerprint density at radius 2 is 1.85 bits per heavy atom. The quantitative estimate of drug-likeness (QED) is 0.349. The average molecular weight is 386 g/mol. The first-order valence-corrected chi connectivity index (χ1v) is 7.96. The first-order chi connectivity index (χ1) is 12.8. The molecule has 0 fully saturated rings. The van der Waals surface area contributed by atoms with E-state index in [1.807, 2.05) is 0 Å². The van der Waals surface area contributed by atoms with Crippen molar-refractivity contribution >= 4 is 46.4 Å². The summed E-state index contributed by atoms with van der Waals surface area (Å²) >= 11 is 5.00. The molecule has 0 heterocycles. The molecular formula is C17H14N4O5S. The number of hydrogen-bond donors (Lipinski definition) is 2. The highest BCUT2D eigenvalue weighted by molar-refractivity contribution is 7.80. The van der Waals surface area contributed by atoms with E-state index in [2.05, 4.69) is 10.6 Å². The SMILES string of the molecule is Cc1ccc(NC(=S)NC(=O)/C=C/c2cccc([N+](=O)[O-])c2)cc1[N+](=O)[O-]. The van der Waals surface area contributed by atoms with Gasteiger partial charge >= 0.3 is 0 Å². The molecule has 0 aliphatic rings. The molecule has 0 bridgehead atoms. The number of thiocarbonyl (C=S) groups is 1. The van der Waals surface area contributed by atoms with Crippen molar-refractivity contribution in [3.63, 3.8) is 0 Å². The van der Waals surface area contributed by atoms with Crippen LogP contribution in [0.4, 0.5) is 17.1 Å². The lowest BCUT2D eigenvalue weighted by atomic mass is 10.2. The molecule has 0 spiro atoms. The van der Waals surface area contributed by atoms with Crippen molar-refractivity contribution in [3.8, 4) is 0 Å². The van der Waals surface area contributed by atoms with E-state index in [1.165, 1.54) is 36.4 Å². The Hall–Kier alpha value is -3.66. The smallest absolute Gasteiger partial charge is 0.274 e. The Morgan fingerprint density at radius 3 is 2.52 bits per heavy atom. The molecule has 0 aliphatic heterocycles. The minimum absolute atomic E-state index is 0.0400. The van der Waals surface area contributed by atoms with Crippen LogP contribution in [0.25, 0.3) is 6.08 Å². The normalized spacial score (nSPS) is 10.4. The van der Waals surface area contributed by atoms with Gasteiger partial charge in [0.1, 0.15) is 0 Å². The number of rotatable bonds is 5. The molecule has 0 radical (unpaired) electrons. The summed E-state index contributed by atoms with van der Waals surface area (Å²) in [5.74, 6) is -0.555. The van der Waals surface area contributed by atoms with Crippen molar-refractivity contribution in [3.05, 3.63) is 79.9 Å². The van der Waals surface area contributed by atoms with Gasteiger partial charge in [0.2, 0.25) is 5.91 Å². The van der Waals surface area contributed by atoms with Crippen molar-refractivity contribution in [1.29, 1.82) is 0 Å². The van der Waals surface area contributed by atoms with Gasteiger partial charge in [-0.1, -0.05) is 18.2 Å². The number of nitro benzene ring substituents is 2. The molecular weight excluding hydrogens is 372 g/mol. The van der Waals surface area contributed by atoms with Gasteiger partial charge in [0.05, 0.1) is 9.85 Å². The third-order valence-corrected chi connectivity index (χ3v) is 3.61. The Bertz CT molecular complexity index is 958. The number of aryl methyl sites for hydroxylation is 1. The molecule has 9 nitrogen and oxygen atoms in total. The number of carbonyl (C=O) groups is 1. The van der Waals surface area contributed by atoms with Gasteiger partial charge in [0.25, 0.3) is 11.4 Å². The number of amides is 1. The molecule has 2 aromatic rings. The van der Waals surface area contributed by atoms with Crippen LogP contribution in [0.3, 0.4) is 0 Å². The summed E-state index contributed by atoms with van der Waals surface area (Å²) in [5.41, 5.74) is 1.18. The lowest BCUT2D eigenvalue weighted by Gasteiger charge is -2.08. The maximum Gasteiger partial charge on any atom is 0.274 e. The van der Waals surface area contributed by atoms with E-state index in [0.29, 0.717) is 16.8 Å². The van der Waals surface area contributed by atoms with E-state index in [4.69, 9.17) is 12.2 Å². The van der Waals surface area contributed by atoms with Gasteiger partial charge < -0.3 is 5.32 Å². The summed E-state index contributed by atoms with van der Waals surface area (Å²) < 4.78 is 0. The highest BCUT2D eigenvalue weighted by Crippen LogP contribution is 2.22. The molecule has 2 N–H and O–H groups in total. The van der Waals surface area contributed by atoms with Crippen molar-refractivity contribution < 1.29 is 14.6 Å². The van der Waals surface area contributed by atoms with Gasteiger partial charge in [-0.25, -0.2) is 0 Å². The van der Waals surface area contributed by atoms with E-state index in [1.54, 1.807) is 25.1 Å². The van der Waals surface area contributed by atoms with Crippen molar-refractivity contribution in [1.82, 2.24) is 5.32 Å². The first-order valence-electron chi connectivity index (χ1n) is 7.56. The topological polar surface area (TPSA) is 127 Å². The number of benzene rings is 2. The van der Waals surface area contributed by atoms with E-state index in [9.17, 15) is 25.0 Å². The van der Waals surface area contributed by atoms with E-state index in [-0.39, 0.29) is 16.5 Å². The van der Waals surface area contributed by atoms with Gasteiger partial charge in [-0.2, -0.15) is 0 Å². The minimum Gasteiger partial charge on any atom is -0.332 e. The van der Waals surface area contributed by atoms with Crippen molar-refractivity contribution in [2.24, 2.45) is 0 Å². The Morgan fingerprint density at radius 1 is 1.11 bits per heavy atom. The number of anilines is 1. The summed E-state index contributed by atoms with van der Waals surface area (Å²) in [7, 11) is 0. The zero-order chi connectivity index (χ0) is 20.0. The van der Waals surface area contributed by atoms with Crippen LogP contribution in [0.5, 0.6) is 0 Å². The summed E-state index contributed by atoms with van der Waals surface area (Å²) in [6.07, 6.45) is 2.58. The van der Waals surface area contributed by atoms with E-state index in [0.717, 1.165) is 0 Å². The van der Waals surface area contributed by atoms with Crippen LogP contribution in [0, 0.1) is 27.2 Å². The molecule has 0 unspecified atom stereocenters. The molecule has 0 atom stereocenters. The zero-order valence-electron chi connectivity index (χ0n) is 14.0. The molecule has 2 rings (SSSR count). The fourth-order valence-corrected chi connectivity index (χ4v) is 2.33. The minimum atomic E-state index is -0.555. The largest absolute Gasteiger partial charge is 0.332 e. The second kappa shape index (κ2) is 8.63. The standard InChI is InChI=1S/C17H14N4O5S/c1-11-5-7-13(10-15(11)21(25)26)18-17(27)19-16(22)8-6-12-3-2-4-14(9-12)20(23)24/h2-10H,1H3,(H2,18,19,22,27)/b8-6+. The molecule has 10 heteroatoms. The fraction of sp³-hybridized carbons (Fsp3) is 0.0588. The molecule has 0 saturated heterocycles. The van der Waals surface area contributed by atoms with E-state index < -0.39 is 15.8 Å². The lowest BCUT2D eigenvalue weighted by molar-refractivity contribution is -0.385. The predicted octanol–water partition coefficient (Wildman–Crippen LogP) is 3.34. The fourth-order valence-electron chi connectivity index (χ4n) is 2.11. The molecule has 27 heavy (non-hydrogen) atoms.